The van der Waals surface area contributed by atoms with E-state index in [4.69, 9.17) is 14.7 Å². The van der Waals surface area contributed by atoms with E-state index in [0.29, 0.717) is 5.95 Å². The van der Waals surface area contributed by atoms with E-state index in [1.54, 1.807) is 4.68 Å². The maximum absolute atomic E-state index is 5.45. The molecule has 0 aromatic carbocycles. The van der Waals surface area contributed by atoms with E-state index in [1.807, 2.05) is 44.7 Å². The molecule has 1 aliphatic heterocycles. The molecular formula is C20H25N9OS. The second kappa shape index (κ2) is 8.61. The molecule has 4 aromatic rings. The summed E-state index contributed by atoms with van der Waals surface area (Å²) in [6, 6.07) is 3.99. The highest BCUT2D eigenvalue weighted by atomic mass is 32.1. The average molecular weight is 440 g/mol. The number of rotatable bonds is 7. The molecule has 0 saturated carbocycles. The lowest BCUT2D eigenvalue weighted by Crippen LogP contribution is -2.39. The third-order valence-corrected chi connectivity index (χ3v) is 5.99. The van der Waals surface area contributed by atoms with E-state index in [9.17, 15) is 0 Å². The molecule has 1 aliphatic rings. The molecule has 0 atom stereocenters. The van der Waals surface area contributed by atoms with E-state index in [0.717, 1.165) is 72.6 Å². The first-order chi connectivity index (χ1) is 15.2. The fraction of sp³-hybridized carbons (Fsp3) is 0.400. The molecule has 0 bridgehead atoms. The van der Waals surface area contributed by atoms with Crippen molar-refractivity contribution in [3.63, 3.8) is 0 Å². The van der Waals surface area contributed by atoms with Crippen LogP contribution < -0.4 is 10.6 Å². The third-order valence-electron chi connectivity index (χ3n) is 5.19. The van der Waals surface area contributed by atoms with Crippen molar-refractivity contribution in [2.45, 2.75) is 6.92 Å². The predicted octanol–water partition coefficient (Wildman–Crippen LogP) is 2.41. The van der Waals surface area contributed by atoms with Crippen molar-refractivity contribution < 1.29 is 4.74 Å². The first kappa shape index (κ1) is 19.9. The van der Waals surface area contributed by atoms with Crippen molar-refractivity contribution in [1.29, 1.82) is 0 Å². The number of hydrogen-bond acceptors (Lipinski definition) is 9. The van der Waals surface area contributed by atoms with Crippen LogP contribution in [0.3, 0.4) is 0 Å². The third kappa shape index (κ3) is 4.38. The number of hydrogen-bond donors (Lipinski definition) is 2. The van der Waals surface area contributed by atoms with Gasteiger partial charge in [0.05, 0.1) is 36.3 Å². The Bertz CT molecular complexity index is 1170. The molecule has 0 radical (unpaired) electrons. The average Bonchev–Trinajstić information content (AvgIpc) is 3.49. The van der Waals surface area contributed by atoms with Crippen molar-refractivity contribution >= 4 is 39.3 Å². The van der Waals surface area contributed by atoms with Gasteiger partial charge in [-0.1, -0.05) is 0 Å². The summed E-state index contributed by atoms with van der Waals surface area (Å²) in [7, 11) is 1.91. The smallest absolute Gasteiger partial charge is 0.230 e. The summed E-state index contributed by atoms with van der Waals surface area (Å²) < 4.78 is 13.6. The second-order valence-corrected chi connectivity index (χ2v) is 8.33. The Hall–Kier alpha value is -3.02. The lowest BCUT2D eigenvalue weighted by atomic mass is 10.3. The fourth-order valence-electron chi connectivity index (χ4n) is 3.66. The lowest BCUT2D eigenvalue weighted by molar-refractivity contribution is 0.0398. The van der Waals surface area contributed by atoms with Crippen LogP contribution in [0.1, 0.15) is 5.69 Å². The minimum absolute atomic E-state index is 0.550. The summed E-state index contributed by atoms with van der Waals surface area (Å²) in [5.74, 6) is 1.34. The molecule has 162 valence electrons. The summed E-state index contributed by atoms with van der Waals surface area (Å²) in [5.41, 5.74) is 3.73. The number of morpholine rings is 1. The first-order valence-corrected chi connectivity index (χ1v) is 11.1. The SMILES string of the molecule is Cc1cc(Nc2nc(NCCN3CCOCC3)c3c(ccn3-c3cnn(C)c3)n2)sn1. The molecule has 2 N–H and O–H groups in total. The number of aromatic nitrogens is 6. The van der Waals surface area contributed by atoms with Gasteiger partial charge in [-0.25, -0.2) is 4.98 Å². The predicted molar refractivity (Wildman–Crippen MR) is 122 cm³/mol. The summed E-state index contributed by atoms with van der Waals surface area (Å²) in [6.07, 6.45) is 5.82. The lowest BCUT2D eigenvalue weighted by Gasteiger charge is -2.26. The molecule has 1 saturated heterocycles. The molecule has 0 amide bonds. The highest BCUT2D eigenvalue weighted by molar-refractivity contribution is 7.10. The van der Waals surface area contributed by atoms with Gasteiger partial charge in [0, 0.05) is 45.6 Å². The van der Waals surface area contributed by atoms with Gasteiger partial charge in [0.2, 0.25) is 5.95 Å². The summed E-state index contributed by atoms with van der Waals surface area (Å²) in [5, 5.41) is 12.1. The maximum Gasteiger partial charge on any atom is 0.230 e. The van der Waals surface area contributed by atoms with Crippen molar-refractivity contribution in [1.82, 2.24) is 33.6 Å². The van der Waals surface area contributed by atoms with Crippen LogP contribution in [-0.4, -0.2) is 73.0 Å². The van der Waals surface area contributed by atoms with Crippen LogP contribution in [0.5, 0.6) is 0 Å². The van der Waals surface area contributed by atoms with Crippen LogP contribution in [0, 0.1) is 6.92 Å². The molecule has 11 heteroatoms. The van der Waals surface area contributed by atoms with Gasteiger partial charge < -0.3 is 19.9 Å². The normalized spacial score (nSPS) is 14.9. The van der Waals surface area contributed by atoms with Gasteiger partial charge in [0.15, 0.2) is 5.82 Å². The zero-order valence-corrected chi connectivity index (χ0v) is 18.4. The van der Waals surface area contributed by atoms with Gasteiger partial charge in [0.25, 0.3) is 0 Å². The number of aryl methyl sites for hydroxylation is 2. The number of ether oxygens (including phenoxy) is 1. The Morgan fingerprint density at radius 1 is 1.23 bits per heavy atom. The highest BCUT2D eigenvalue weighted by Gasteiger charge is 2.16. The second-order valence-electron chi connectivity index (χ2n) is 7.53. The van der Waals surface area contributed by atoms with Crippen molar-refractivity contribution in [2.24, 2.45) is 7.05 Å². The molecule has 0 spiro atoms. The molecule has 1 fully saturated rings. The minimum Gasteiger partial charge on any atom is -0.379 e. The van der Waals surface area contributed by atoms with Crippen LogP contribution in [0.2, 0.25) is 0 Å². The van der Waals surface area contributed by atoms with Crippen LogP contribution in [0.15, 0.2) is 30.7 Å². The standard InChI is InChI=1S/C20H25N9OS/c1-14-11-17(31-26-14)24-20-23-16-3-5-29(15-12-22-27(2)13-15)18(16)19(25-20)21-4-6-28-7-9-30-10-8-28/h3,5,11-13H,4,6-10H2,1-2H3,(H2,21,23,24,25). The van der Waals surface area contributed by atoms with E-state index >= 15 is 0 Å². The zero-order chi connectivity index (χ0) is 21.2. The topological polar surface area (TPSA) is 98.0 Å². The van der Waals surface area contributed by atoms with Gasteiger partial charge in [-0.15, -0.1) is 0 Å². The van der Waals surface area contributed by atoms with Gasteiger partial charge >= 0.3 is 0 Å². The number of anilines is 3. The van der Waals surface area contributed by atoms with Gasteiger partial charge in [-0.3, -0.25) is 9.58 Å². The van der Waals surface area contributed by atoms with Gasteiger partial charge in [0.1, 0.15) is 10.5 Å². The van der Waals surface area contributed by atoms with E-state index in [-0.39, 0.29) is 0 Å². The van der Waals surface area contributed by atoms with Crippen LogP contribution in [0.25, 0.3) is 16.7 Å². The zero-order valence-electron chi connectivity index (χ0n) is 17.6. The van der Waals surface area contributed by atoms with Crippen LogP contribution in [0.4, 0.5) is 16.8 Å². The summed E-state index contributed by atoms with van der Waals surface area (Å²) in [4.78, 5) is 11.9. The molecule has 31 heavy (non-hydrogen) atoms. The summed E-state index contributed by atoms with van der Waals surface area (Å²) >= 11 is 1.40. The molecule has 10 nitrogen and oxygen atoms in total. The van der Waals surface area contributed by atoms with Crippen molar-refractivity contribution in [2.75, 3.05) is 50.0 Å². The van der Waals surface area contributed by atoms with Crippen molar-refractivity contribution in [3.05, 3.63) is 36.4 Å². The highest BCUT2D eigenvalue weighted by Crippen LogP contribution is 2.28. The van der Waals surface area contributed by atoms with E-state index < -0.39 is 0 Å². The van der Waals surface area contributed by atoms with Crippen molar-refractivity contribution in [3.8, 4) is 5.69 Å². The molecule has 0 aliphatic carbocycles. The van der Waals surface area contributed by atoms with E-state index in [2.05, 4.69) is 29.6 Å². The monoisotopic (exact) mass is 439 g/mol. The number of nitrogens with zero attached hydrogens (tertiary/aromatic N) is 7. The fourth-order valence-corrected chi connectivity index (χ4v) is 4.32. The van der Waals surface area contributed by atoms with Crippen LogP contribution >= 0.6 is 11.5 Å². The molecule has 4 aromatic heterocycles. The Morgan fingerprint density at radius 3 is 2.84 bits per heavy atom. The first-order valence-electron chi connectivity index (χ1n) is 10.3. The Kier molecular flexibility index (Phi) is 5.53. The van der Waals surface area contributed by atoms with Gasteiger partial charge in [-0.2, -0.15) is 14.5 Å². The Labute approximate surface area is 184 Å². The Balaban J connectivity index is 1.46. The number of nitrogens with one attached hydrogen (secondary N) is 2. The maximum atomic E-state index is 5.45. The van der Waals surface area contributed by atoms with Gasteiger partial charge in [-0.05, 0) is 30.6 Å². The Morgan fingerprint density at radius 2 is 2.10 bits per heavy atom. The quantitative estimate of drug-likeness (QED) is 0.453. The minimum atomic E-state index is 0.550. The van der Waals surface area contributed by atoms with Crippen LogP contribution in [-0.2, 0) is 11.8 Å². The molecule has 0 unspecified atom stereocenters. The molecule has 5 heterocycles. The molecule has 5 rings (SSSR count). The number of fused-ring (bicyclic) bond motifs is 1. The largest absolute Gasteiger partial charge is 0.379 e. The summed E-state index contributed by atoms with van der Waals surface area (Å²) in [6.45, 7) is 7.20. The van der Waals surface area contributed by atoms with E-state index in [1.165, 1.54) is 11.5 Å². The molecular weight excluding hydrogens is 414 g/mol.